The number of rotatable bonds is 8. The van der Waals surface area contributed by atoms with Crippen LogP contribution < -0.4 is 26.4 Å². The Hall–Kier alpha value is -3.88. The molecule has 5 rings (SSSR count). The van der Waals surface area contributed by atoms with Gasteiger partial charge in [-0.15, -0.1) is 5.54 Å². The van der Waals surface area contributed by atoms with Crippen molar-refractivity contribution >= 4 is 48.1 Å². The zero-order chi connectivity index (χ0) is 33.9. The standard InChI is InChI=1S/C36H52N8O2Si/c1-24(2)47(25(3)4,26(5)6)20-15-27-21-33(45)43(8)34-30(27)23-37-35(41-34)38-29-13-14-32(44-18-16-42(7)17-19-44)31(22-29)40-36(46)39-28-11-9-10-12-28/h13-14,21-26,28H,9-12,16-19H2,1-8H3,(H,37,38,41)(H2,39,40,46). The van der Waals surface area contributed by atoms with E-state index in [0.717, 1.165) is 74.3 Å². The number of hydrogen-bond acceptors (Lipinski definition) is 7. The number of anilines is 4. The van der Waals surface area contributed by atoms with Crippen LogP contribution in [0.2, 0.25) is 16.6 Å². The number of hydrogen-bond donors (Lipinski definition) is 3. The maximum atomic E-state index is 13.1. The lowest BCUT2D eigenvalue weighted by atomic mass is 10.2. The van der Waals surface area contributed by atoms with E-state index in [1.165, 1.54) is 0 Å². The van der Waals surface area contributed by atoms with Crippen LogP contribution in [-0.4, -0.2) is 72.8 Å². The highest BCUT2D eigenvalue weighted by Crippen LogP contribution is 2.41. The Morgan fingerprint density at radius 2 is 1.62 bits per heavy atom. The maximum absolute atomic E-state index is 13.1. The van der Waals surface area contributed by atoms with Crippen molar-refractivity contribution in [2.75, 3.05) is 48.8 Å². The van der Waals surface area contributed by atoms with Crippen molar-refractivity contribution < 1.29 is 4.79 Å². The summed E-state index contributed by atoms with van der Waals surface area (Å²) < 4.78 is 1.54. The minimum Gasteiger partial charge on any atom is -0.367 e. The van der Waals surface area contributed by atoms with Crippen LogP contribution in [0.4, 0.5) is 27.8 Å². The van der Waals surface area contributed by atoms with Crippen LogP contribution in [-0.2, 0) is 7.05 Å². The van der Waals surface area contributed by atoms with Gasteiger partial charge >= 0.3 is 6.03 Å². The smallest absolute Gasteiger partial charge is 0.319 e. The van der Waals surface area contributed by atoms with E-state index >= 15 is 0 Å². The first-order chi connectivity index (χ1) is 22.4. The Kier molecular flexibility index (Phi) is 10.6. The third-order valence-corrected chi connectivity index (χ3v) is 16.6. The number of fused-ring (bicyclic) bond motifs is 1. The van der Waals surface area contributed by atoms with Crippen LogP contribution in [0.5, 0.6) is 0 Å². The number of amides is 2. The third kappa shape index (κ3) is 7.49. The fraction of sp³-hybridized carbons (Fsp3) is 0.556. The van der Waals surface area contributed by atoms with Gasteiger partial charge < -0.3 is 25.8 Å². The number of urea groups is 1. The highest BCUT2D eigenvalue weighted by Gasteiger charge is 2.41. The molecule has 1 saturated carbocycles. The number of carbonyl (C=O) groups excluding carboxylic acids is 1. The zero-order valence-corrected chi connectivity index (χ0v) is 30.4. The Balaban J connectivity index is 1.47. The lowest BCUT2D eigenvalue weighted by molar-refractivity contribution is 0.248. The molecule has 2 amide bonds. The van der Waals surface area contributed by atoms with Gasteiger partial charge in [0.05, 0.1) is 16.8 Å². The number of benzene rings is 1. The first kappa shape index (κ1) is 34.5. The zero-order valence-electron chi connectivity index (χ0n) is 29.4. The summed E-state index contributed by atoms with van der Waals surface area (Å²) >= 11 is 0. The predicted octanol–water partition coefficient (Wildman–Crippen LogP) is 6.46. The van der Waals surface area contributed by atoms with Crippen LogP contribution in [0, 0.1) is 11.5 Å². The molecule has 11 heteroatoms. The van der Waals surface area contributed by atoms with Gasteiger partial charge in [0.25, 0.3) is 5.56 Å². The van der Waals surface area contributed by atoms with Crippen molar-refractivity contribution in [3.05, 3.63) is 46.4 Å². The molecule has 2 aliphatic rings. The molecule has 10 nitrogen and oxygen atoms in total. The van der Waals surface area contributed by atoms with Crippen LogP contribution >= 0.6 is 0 Å². The summed E-state index contributed by atoms with van der Waals surface area (Å²) in [5.41, 5.74) is 8.68. The molecule has 1 aromatic carbocycles. The van der Waals surface area contributed by atoms with E-state index in [0.29, 0.717) is 33.8 Å². The van der Waals surface area contributed by atoms with E-state index in [1.54, 1.807) is 23.9 Å². The van der Waals surface area contributed by atoms with E-state index in [2.05, 4.69) is 90.8 Å². The molecule has 1 saturated heterocycles. The van der Waals surface area contributed by atoms with Crippen LogP contribution in [0.25, 0.3) is 11.0 Å². The average Bonchev–Trinajstić information content (AvgIpc) is 3.53. The van der Waals surface area contributed by atoms with Crippen LogP contribution in [0.1, 0.15) is 72.8 Å². The summed E-state index contributed by atoms with van der Waals surface area (Å²) in [6, 6.07) is 7.60. The molecule has 3 heterocycles. The summed E-state index contributed by atoms with van der Waals surface area (Å²) in [6.07, 6.45) is 6.10. The number of nitrogens with zero attached hydrogens (tertiary/aromatic N) is 5. The van der Waals surface area contributed by atoms with Gasteiger partial charge in [-0.2, -0.15) is 4.98 Å². The van der Waals surface area contributed by atoms with Gasteiger partial charge in [0, 0.05) is 62.8 Å². The van der Waals surface area contributed by atoms with E-state index < -0.39 is 8.07 Å². The summed E-state index contributed by atoms with van der Waals surface area (Å²) in [5.74, 6) is 3.81. The van der Waals surface area contributed by atoms with Crippen molar-refractivity contribution in [3.8, 4) is 11.5 Å². The van der Waals surface area contributed by atoms with Gasteiger partial charge in [0.2, 0.25) is 5.95 Å². The number of likely N-dealkylation sites (N-methyl/N-ethyl adjacent to an activating group) is 1. The minimum absolute atomic E-state index is 0.159. The lowest BCUT2D eigenvalue weighted by Crippen LogP contribution is -2.45. The molecule has 0 spiro atoms. The average molecular weight is 657 g/mol. The molecular formula is C36H52N8O2Si. The molecule has 2 aromatic heterocycles. The Morgan fingerprint density at radius 1 is 0.957 bits per heavy atom. The van der Waals surface area contributed by atoms with E-state index in [-0.39, 0.29) is 17.6 Å². The minimum atomic E-state index is -2.00. The molecule has 0 atom stereocenters. The number of piperazine rings is 1. The maximum Gasteiger partial charge on any atom is 0.319 e. The normalized spacial score (nSPS) is 16.2. The van der Waals surface area contributed by atoms with Gasteiger partial charge in [-0.1, -0.05) is 60.3 Å². The summed E-state index contributed by atoms with van der Waals surface area (Å²) in [6.45, 7) is 17.4. The third-order valence-electron chi connectivity index (χ3n) is 10.3. The quantitative estimate of drug-likeness (QED) is 0.189. The molecule has 0 bridgehead atoms. The fourth-order valence-corrected chi connectivity index (χ4v) is 12.8. The number of pyridine rings is 1. The van der Waals surface area contributed by atoms with Crippen molar-refractivity contribution in [1.29, 1.82) is 0 Å². The molecule has 1 aliphatic heterocycles. The van der Waals surface area contributed by atoms with Gasteiger partial charge in [-0.05, 0) is 54.7 Å². The van der Waals surface area contributed by atoms with Crippen LogP contribution in [0.3, 0.4) is 0 Å². The molecule has 3 aromatic rings. The largest absolute Gasteiger partial charge is 0.367 e. The number of nitrogens with one attached hydrogen (secondary N) is 3. The van der Waals surface area contributed by atoms with Gasteiger partial charge in [-0.25, -0.2) is 9.78 Å². The number of carbonyl (C=O) groups is 1. The van der Waals surface area contributed by atoms with Crippen molar-refractivity contribution in [1.82, 2.24) is 24.8 Å². The SMILES string of the molecule is CC(C)[Si](C#Cc1cc(=O)n(C)c2nc(Nc3ccc(N4CCN(C)CC4)c(NC(=O)NC4CCCC4)c3)ncc12)(C(C)C)C(C)C. The molecular weight excluding hydrogens is 605 g/mol. The first-order valence-corrected chi connectivity index (χ1v) is 19.4. The second kappa shape index (κ2) is 14.5. The monoisotopic (exact) mass is 656 g/mol. The second-order valence-electron chi connectivity index (χ2n) is 14.3. The Labute approximate surface area is 280 Å². The van der Waals surface area contributed by atoms with E-state index in [9.17, 15) is 9.59 Å². The van der Waals surface area contributed by atoms with Crippen LogP contribution in [0.15, 0.2) is 35.3 Å². The topological polar surface area (TPSA) is 107 Å². The fourth-order valence-electron chi connectivity index (χ4n) is 7.57. The molecule has 252 valence electrons. The van der Waals surface area contributed by atoms with Gasteiger partial charge in [0.15, 0.2) is 0 Å². The Morgan fingerprint density at radius 3 is 2.26 bits per heavy atom. The molecule has 47 heavy (non-hydrogen) atoms. The molecule has 1 aliphatic carbocycles. The molecule has 2 fully saturated rings. The summed E-state index contributed by atoms with van der Waals surface area (Å²) in [4.78, 5) is 40.2. The van der Waals surface area contributed by atoms with Crippen molar-refractivity contribution in [3.63, 3.8) is 0 Å². The van der Waals surface area contributed by atoms with Crippen molar-refractivity contribution in [2.45, 2.75) is 89.9 Å². The van der Waals surface area contributed by atoms with E-state index in [4.69, 9.17) is 4.98 Å². The number of aromatic nitrogens is 3. The predicted molar refractivity (Wildman–Crippen MR) is 197 cm³/mol. The van der Waals surface area contributed by atoms with Crippen molar-refractivity contribution in [2.24, 2.45) is 7.05 Å². The summed E-state index contributed by atoms with van der Waals surface area (Å²) in [5, 5.41) is 10.4. The lowest BCUT2D eigenvalue weighted by Gasteiger charge is -2.38. The van der Waals surface area contributed by atoms with E-state index in [1.807, 2.05) is 18.2 Å². The second-order valence-corrected chi connectivity index (χ2v) is 19.8. The first-order valence-electron chi connectivity index (χ1n) is 17.2. The van der Waals surface area contributed by atoms with Gasteiger partial charge in [-0.3, -0.25) is 9.36 Å². The number of aryl methyl sites for hydroxylation is 1. The molecule has 0 unspecified atom stereocenters. The highest BCUT2D eigenvalue weighted by atomic mass is 28.3. The molecule has 0 radical (unpaired) electrons. The Bertz CT molecular complexity index is 1690. The highest BCUT2D eigenvalue weighted by molar-refractivity contribution is 6.90. The summed E-state index contributed by atoms with van der Waals surface area (Å²) in [7, 11) is 1.85. The van der Waals surface area contributed by atoms with Gasteiger partial charge in [0.1, 0.15) is 13.7 Å². The molecule has 3 N–H and O–H groups in total.